The monoisotopic (exact) mass is 385 g/mol. The van der Waals surface area contributed by atoms with Gasteiger partial charge in [-0.3, -0.25) is 9.69 Å². The van der Waals surface area contributed by atoms with Gasteiger partial charge in [-0.15, -0.1) is 11.8 Å². The van der Waals surface area contributed by atoms with Gasteiger partial charge in [0, 0.05) is 10.1 Å². The molecule has 3 atom stereocenters. The number of amides is 1. The first kappa shape index (κ1) is 17.6. The van der Waals surface area contributed by atoms with Crippen molar-refractivity contribution in [1.82, 2.24) is 0 Å². The van der Waals surface area contributed by atoms with E-state index >= 15 is 0 Å². The molecule has 28 heavy (non-hydrogen) atoms. The molecule has 0 radical (unpaired) electrons. The van der Waals surface area contributed by atoms with Crippen LogP contribution < -0.4 is 4.90 Å². The smallest absolute Gasteiger partial charge is 0.238 e. The van der Waals surface area contributed by atoms with Crippen molar-refractivity contribution in [2.45, 2.75) is 41.9 Å². The van der Waals surface area contributed by atoms with Crippen molar-refractivity contribution in [3.05, 3.63) is 95.6 Å². The van der Waals surface area contributed by atoms with Crippen LogP contribution in [0.2, 0.25) is 0 Å². The maximum atomic E-state index is 13.6. The summed E-state index contributed by atoms with van der Waals surface area (Å²) in [7, 11) is 0. The zero-order valence-corrected chi connectivity index (χ0v) is 16.9. The van der Waals surface area contributed by atoms with Crippen LogP contribution in [0.25, 0.3) is 0 Å². The lowest BCUT2D eigenvalue weighted by Crippen LogP contribution is -2.68. The van der Waals surface area contributed by atoms with Crippen LogP contribution in [0.3, 0.4) is 0 Å². The molecule has 0 unspecified atom stereocenters. The van der Waals surface area contributed by atoms with E-state index in [4.69, 9.17) is 0 Å². The van der Waals surface area contributed by atoms with Gasteiger partial charge in [0.05, 0.1) is 17.1 Å². The van der Waals surface area contributed by atoms with Crippen LogP contribution in [0.5, 0.6) is 0 Å². The fourth-order valence-electron chi connectivity index (χ4n) is 4.89. The van der Waals surface area contributed by atoms with Gasteiger partial charge in [0.25, 0.3) is 0 Å². The minimum Gasteiger partial charge on any atom is -0.299 e. The van der Waals surface area contributed by atoms with E-state index in [-0.39, 0.29) is 17.4 Å². The number of benzene rings is 3. The van der Waals surface area contributed by atoms with E-state index in [1.54, 1.807) is 0 Å². The Hall–Kier alpha value is -2.52. The number of thioether (sulfide) groups is 1. The zero-order valence-electron chi connectivity index (χ0n) is 16.1. The van der Waals surface area contributed by atoms with E-state index in [0.29, 0.717) is 5.25 Å². The lowest BCUT2D eigenvalue weighted by atomic mass is 9.63. The number of carbonyl (C=O) groups is 1. The summed E-state index contributed by atoms with van der Waals surface area (Å²) in [4.78, 5) is 16.9. The van der Waals surface area contributed by atoms with Crippen molar-refractivity contribution >= 4 is 23.4 Å². The van der Waals surface area contributed by atoms with Crippen LogP contribution in [0.1, 0.15) is 36.0 Å². The maximum absolute atomic E-state index is 13.6. The van der Waals surface area contributed by atoms with Crippen LogP contribution in [0.15, 0.2) is 83.8 Å². The predicted molar refractivity (Wildman–Crippen MR) is 116 cm³/mol. The van der Waals surface area contributed by atoms with Gasteiger partial charge in [-0.05, 0) is 36.6 Å². The third kappa shape index (κ3) is 2.46. The highest BCUT2D eigenvalue weighted by Gasteiger charge is 2.63. The second-order valence-corrected chi connectivity index (χ2v) is 9.39. The standard InChI is InChI=1S/C25H23NOS/c1-17-12-14-20(15-13-17)25-16-18(2)28-22-11-7-6-10-21(22)26(25)24(27)23(25)19-8-4-3-5-9-19/h3-15,18,23H,16H2,1-2H3/t18-,23+,25-/m0/s1. The molecule has 2 aliphatic heterocycles. The number of β-lactam (4-membered cyclic amide) rings is 1. The number of anilines is 1. The first-order valence-corrected chi connectivity index (χ1v) is 10.7. The topological polar surface area (TPSA) is 20.3 Å². The Kier molecular flexibility index (Phi) is 4.09. The van der Waals surface area contributed by atoms with Gasteiger partial charge in [-0.2, -0.15) is 0 Å². The Morgan fingerprint density at radius 3 is 2.36 bits per heavy atom. The molecule has 2 heterocycles. The van der Waals surface area contributed by atoms with Gasteiger partial charge in [0.1, 0.15) is 0 Å². The fourth-order valence-corrected chi connectivity index (χ4v) is 6.10. The Balaban J connectivity index is 1.76. The molecule has 2 nitrogen and oxygen atoms in total. The average molecular weight is 386 g/mol. The van der Waals surface area contributed by atoms with E-state index in [1.807, 2.05) is 36.0 Å². The van der Waals surface area contributed by atoms with Gasteiger partial charge in [-0.1, -0.05) is 79.2 Å². The first-order chi connectivity index (χ1) is 13.6. The van der Waals surface area contributed by atoms with Crippen molar-refractivity contribution in [3.8, 4) is 0 Å². The molecular formula is C25H23NOS. The number of carbonyl (C=O) groups excluding carboxylic acids is 1. The second kappa shape index (κ2) is 6.52. The highest BCUT2D eigenvalue weighted by atomic mass is 32.2. The van der Waals surface area contributed by atoms with Crippen LogP contribution in [-0.4, -0.2) is 11.2 Å². The van der Waals surface area contributed by atoms with Crippen molar-refractivity contribution in [2.24, 2.45) is 0 Å². The number of nitrogens with zero attached hydrogens (tertiary/aromatic N) is 1. The second-order valence-electron chi connectivity index (χ2n) is 7.91. The summed E-state index contributed by atoms with van der Waals surface area (Å²) < 4.78 is 0. The SMILES string of the molecule is Cc1ccc([C@]23C[C@H](C)Sc4ccccc4N2C(=O)[C@H]3c2ccccc2)cc1. The number of fused-ring (bicyclic) bond motifs is 3. The number of aryl methyl sites for hydroxylation is 1. The lowest BCUT2D eigenvalue weighted by molar-refractivity contribution is -0.131. The van der Waals surface area contributed by atoms with Crippen LogP contribution in [-0.2, 0) is 10.3 Å². The molecule has 0 aromatic heterocycles. The number of rotatable bonds is 2. The van der Waals surface area contributed by atoms with Gasteiger partial charge >= 0.3 is 0 Å². The molecule has 0 bridgehead atoms. The van der Waals surface area contributed by atoms with Gasteiger partial charge < -0.3 is 0 Å². The summed E-state index contributed by atoms with van der Waals surface area (Å²) in [5, 5.41) is 0.409. The molecule has 1 amide bonds. The molecule has 3 aromatic rings. The Morgan fingerprint density at radius 2 is 1.61 bits per heavy atom. The Labute approximate surface area is 170 Å². The summed E-state index contributed by atoms with van der Waals surface area (Å²) in [6, 6.07) is 27.4. The van der Waals surface area contributed by atoms with E-state index < -0.39 is 0 Å². The molecule has 140 valence electrons. The summed E-state index contributed by atoms with van der Waals surface area (Å²) in [6.07, 6.45) is 0.931. The third-order valence-electron chi connectivity index (χ3n) is 6.06. The summed E-state index contributed by atoms with van der Waals surface area (Å²) >= 11 is 1.88. The third-order valence-corrected chi connectivity index (χ3v) is 7.23. The molecule has 3 aromatic carbocycles. The van der Waals surface area contributed by atoms with E-state index in [0.717, 1.165) is 17.7 Å². The van der Waals surface area contributed by atoms with Crippen LogP contribution in [0.4, 0.5) is 5.69 Å². The summed E-state index contributed by atoms with van der Waals surface area (Å²) in [5.41, 5.74) is 4.29. The van der Waals surface area contributed by atoms with Crippen molar-refractivity contribution < 1.29 is 4.79 Å². The molecule has 3 heteroatoms. The molecule has 0 saturated carbocycles. The van der Waals surface area contributed by atoms with Crippen molar-refractivity contribution in [1.29, 1.82) is 0 Å². The molecule has 1 fully saturated rings. The highest BCUT2D eigenvalue weighted by Crippen LogP contribution is 2.60. The predicted octanol–water partition coefficient (Wildman–Crippen LogP) is 5.91. The minimum absolute atomic E-state index is 0.148. The zero-order chi connectivity index (χ0) is 19.3. The molecule has 0 aliphatic carbocycles. The molecule has 2 aliphatic rings. The van der Waals surface area contributed by atoms with E-state index in [1.165, 1.54) is 16.0 Å². The van der Waals surface area contributed by atoms with Gasteiger partial charge in [0.15, 0.2) is 0 Å². The van der Waals surface area contributed by atoms with Gasteiger partial charge in [-0.25, -0.2) is 0 Å². The average Bonchev–Trinajstić information content (AvgIpc) is 2.81. The quantitative estimate of drug-likeness (QED) is 0.512. The fraction of sp³-hybridized carbons (Fsp3) is 0.240. The van der Waals surface area contributed by atoms with E-state index in [9.17, 15) is 4.79 Å². The Bertz CT molecular complexity index is 1030. The first-order valence-electron chi connectivity index (χ1n) is 9.83. The summed E-state index contributed by atoms with van der Waals surface area (Å²) in [6.45, 7) is 4.40. The van der Waals surface area contributed by atoms with Gasteiger partial charge in [0.2, 0.25) is 5.91 Å². The molecule has 5 rings (SSSR count). The highest BCUT2D eigenvalue weighted by molar-refractivity contribution is 8.00. The number of hydrogen-bond donors (Lipinski definition) is 0. The maximum Gasteiger partial charge on any atom is 0.238 e. The van der Waals surface area contributed by atoms with Crippen molar-refractivity contribution in [3.63, 3.8) is 0 Å². The van der Waals surface area contributed by atoms with Crippen LogP contribution >= 0.6 is 11.8 Å². The molecule has 0 N–H and O–H groups in total. The van der Waals surface area contributed by atoms with Crippen LogP contribution in [0, 0.1) is 6.92 Å². The normalized spacial score (nSPS) is 26.1. The number of para-hydroxylation sites is 1. The molecule has 0 spiro atoms. The molecular weight excluding hydrogens is 362 g/mol. The largest absolute Gasteiger partial charge is 0.299 e. The van der Waals surface area contributed by atoms with E-state index in [2.05, 4.69) is 73.3 Å². The minimum atomic E-state index is -0.342. The number of hydrogen-bond acceptors (Lipinski definition) is 2. The summed E-state index contributed by atoms with van der Waals surface area (Å²) in [5.74, 6) is 0.0551. The van der Waals surface area contributed by atoms with Crippen molar-refractivity contribution in [2.75, 3.05) is 4.90 Å². The molecule has 1 saturated heterocycles. The Morgan fingerprint density at radius 1 is 0.929 bits per heavy atom. The lowest BCUT2D eigenvalue weighted by Gasteiger charge is -2.58.